The first-order valence-corrected chi connectivity index (χ1v) is 4.70. The van der Waals surface area contributed by atoms with Crippen molar-refractivity contribution in [1.29, 1.82) is 0 Å². The molecule has 0 saturated carbocycles. The van der Waals surface area contributed by atoms with Crippen molar-refractivity contribution < 1.29 is 14.1 Å². The van der Waals surface area contributed by atoms with Crippen LogP contribution in [0.2, 0.25) is 0 Å². The van der Waals surface area contributed by atoms with Crippen molar-refractivity contribution in [3.63, 3.8) is 0 Å². The highest BCUT2D eigenvalue weighted by molar-refractivity contribution is 5.84. The van der Waals surface area contributed by atoms with Crippen molar-refractivity contribution in [3.8, 4) is 11.5 Å². The molecule has 0 aromatic carbocycles. The number of rotatable bonds is 3. The molecule has 2 rings (SSSR count). The van der Waals surface area contributed by atoms with Crippen LogP contribution in [-0.2, 0) is 11.8 Å². The molecule has 7 heteroatoms. The summed E-state index contributed by atoms with van der Waals surface area (Å²) < 4.78 is 11.2. The van der Waals surface area contributed by atoms with Gasteiger partial charge in [0.25, 0.3) is 0 Å². The molecule has 0 aliphatic carbocycles. The fourth-order valence-corrected chi connectivity index (χ4v) is 1.18. The zero-order valence-corrected chi connectivity index (χ0v) is 8.88. The minimum Gasteiger partial charge on any atom is -0.459 e. The van der Waals surface area contributed by atoms with Gasteiger partial charge in [-0.3, -0.25) is 0 Å². The Hall–Kier alpha value is -2.18. The summed E-state index contributed by atoms with van der Waals surface area (Å²) in [6, 6.07) is 0. The maximum Gasteiger partial charge on any atom is 0.397 e. The molecule has 2 heterocycles. The third-order valence-corrected chi connectivity index (χ3v) is 1.92. The van der Waals surface area contributed by atoms with Crippen LogP contribution in [0.25, 0.3) is 11.5 Å². The van der Waals surface area contributed by atoms with Crippen LogP contribution in [0.15, 0.2) is 17.0 Å². The highest BCUT2D eigenvalue weighted by Crippen LogP contribution is 2.14. The van der Waals surface area contributed by atoms with Crippen molar-refractivity contribution in [2.24, 2.45) is 7.05 Å². The lowest BCUT2D eigenvalue weighted by Crippen LogP contribution is -2.04. The molecule has 84 valence electrons. The summed E-state index contributed by atoms with van der Waals surface area (Å²) in [5.74, 6) is -0.468. The number of nitrogens with zero attached hydrogens (tertiary/aromatic N) is 4. The average Bonchev–Trinajstić information content (AvgIpc) is 2.86. The van der Waals surface area contributed by atoms with Crippen LogP contribution in [0.5, 0.6) is 0 Å². The first-order valence-electron chi connectivity index (χ1n) is 4.70. The molecule has 0 spiro atoms. The molecular formula is C9H10N4O3. The second kappa shape index (κ2) is 4.13. The van der Waals surface area contributed by atoms with E-state index in [4.69, 9.17) is 9.26 Å². The van der Waals surface area contributed by atoms with E-state index in [-0.39, 0.29) is 12.5 Å². The normalized spacial score (nSPS) is 10.4. The Labute approximate surface area is 91.0 Å². The third kappa shape index (κ3) is 1.79. The van der Waals surface area contributed by atoms with E-state index < -0.39 is 5.97 Å². The van der Waals surface area contributed by atoms with Gasteiger partial charge in [0.05, 0.1) is 19.1 Å². The maximum absolute atomic E-state index is 11.3. The van der Waals surface area contributed by atoms with Crippen LogP contribution < -0.4 is 0 Å². The lowest BCUT2D eigenvalue weighted by Gasteiger charge is -1.94. The Kier molecular flexibility index (Phi) is 2.67. The molecule has 0 saturated heterocycles. The van der Waals surface area contributed by atoms with E-state index in [1.807, 2.05) is 0 Å². The Morgan fingerprint density at radius 1 is 1.62 bits per heavy atom. The van der Waals surface area contributed by atoms with Crippen LogP contribution >= 0.6 is 0 Å². The standard InChI is InChI=1S/C9H10N4O3/c1-3-15-9(14)8-11-7(12-16-8)6-4-10-5-13(6)2/h4-5H,3H2,1-2H3. The van der Waals surface area contributed by atoms with E-state index in [2.05, 4.69) is 15.1 Å². The Morgan fingerprint density at radius 3 is 3.06 bits per heavy atom. The van der Waals surface area contributed by atoms with Crippen molar-refractivity contribution in [2.75, 3.05) is 6.61 Å². The average molecular weight is 222 g/mol. The van der Waals surface area contributed by atoms with E-state index in [1.165, 1.54) is 0 Å². The third-order valence-electron chi connectivity index (χ3n) is 1.92. The number of carbonyl (C=O) groups excluding carboxylic acids is 1. The fourth-order valence-electron chi connectivity index (χ4n) is 1.18. The van der Waals surface area contributed by atoms with E-state index in [0.29, 0.717) is 11.5 Å². The van der Waals surface area contributed by atoms with Gasteiger partial charge in [-0.15, -0.1) is 0 Å². The SMILES string of the molecule is CCOC(=O)c1nc(-c2cncn2C)no1. The van der Waals surface area contributed by atoms with E-state index >= 15 is 0 Å². The molecule has 0 amide bonds. The van der Waals surface area contributed by atoms with E-state index in [0.717, 1.165) is 0 Å². The summed E-state index contributed by atoms with van der Waals surface area (Å²) in [5.41, 5.74) is 0.666. The highest BCUT2D eigenvalue weighted by Gasteiger charge is 2.18. The minimum atomic E-state index is -0.622. The smallest absolute Gasteiger partial charge is 0.397 e. The molecule has 2 aromatic heterocycles. The van der Waals surface area contributed by atoms with Crippen LogP contribution in [0.1, 0.15) is 17.6 Å². The Bertz CT molecular complexity index is 502. The molecule has 0 aliphatic rings. The molecule has 0 aliphatic heterocycles. The summed E-state index contributed by atoms with van der Waals surface area (Å²) in [6.45, 7) is 1.97. The topological polar surface area (TPSA) is 83.0 Å². The lowest BCUT2D eigenvalue weighted by molar-refractivity contribution is 0.0470. The second-order valence-electron chi connectivity index (χ2n) is 3.03. The van der Waals surface area contributed by atoms with Crippen molar-refractivity contribution in [2.45, 2.75) is 6.92 Å². The monoisotopic (exact) mass is 222 g/mol. The highest BCUT2D eigenvalue weighted by atomic mass is 16.6. The van der Waals surface area contributed by atoms with Crippen LogP contribution in [-0.4, -0.2) is 32.3 Å². The predicted octanol–water partition coefficient (Wildman–Crippen LogP) is 0.647. The van der Waals surface area contributed by atoms with Gasteiger partial charge >= 0.3 is 11.9 Å². The molecule has 2 aromatic rings. The molecule has 0 fully saturated rings. The first-order chi connectivity index (χ1) is 7.72. The lowest BCUT2D eigenvalue weighted by atomic mass is 10.4. The molecule has 7 nitrogen and oxygen atoms in total. The van der Waals surface area contributed by atoms with Crippen LogP contribution in [0.3, 0.4) is 0 Å². The number of hydrogen-bond donors (Lipinski definition) is 0. The van der Waals surface area contributed by atoms with Gasteiger partial charge in [-0.2, -0.15) is 4.98 Å². The Balaban J connectivity index is 2.26. The quantitative estimate of drug-likeness (QED) is 0.709. The fraction of sp³-hybridized carbons (Fsp3) is 0.333. The number of aromatic nitrogens is 4. The first kappa shape index (κ1) is 10.3. The van der Waals surface area contributed by atoms with Gasteiger partial charge in [-0.25, -0.2) is 9.78 Å². The summed E-state index contributed by atoms with van der Waals surface area (Å²) in [5, 5.41) is 3.68. The number of aryl methyl sites for hydroxylation is 1. The molecule has 0 radical (unpaired) electrons. The second-order valence-corrected chi connectivity index (χ2v) is 3.03. The summed E-state index contributed by atoms with van der Waals surface area (Å²) in [7, 11) is 1.79. The summed E-state index contributed by atoms with van der Waals surface area (Å²) in [6.07, 6.45) is 3.19. The Morgan fingerprint density at radius 2 is 2.44 bits per heavy atom. The molecular weight excluding hydrogens is 212 g/mol. The van der Waals surface area contributed by atoms with Crippen molar-refractivity contribution in [3.05, 3.63) is 18.4 Å². The number of ether oxygens (including phenoxy) is 1. The number of hydrogen-bond acceptors (Lipinski definition) is 6. The summed E-state index contributed by atoms with van der Waals surface area (Å²) in [4.78, 5) is 19.1. The van der Waals surface area contributed by atoms with Gasteiger partial charge < -0.3 is 13.8 Å². The van der Waals surface area contributed by atoms with Gasteiger partial charge in [-0.1, -0.05) is 5.16 Å². The zero-order valence-electron chi connectivity index (χ0n) is 8.88. The maximum atomic E-state index is 11.3. The molecule has 0 atom stereocenters. The van der Waals surface area contributed by atoms with E-state index in [1.54, 1.807) is 31.1 Å². The van der Waals surface area contributed by atoms with Crippen molar-refractivity contribution in [1.82, 2.24) is 19.7 Å². The molecule has 0 unspecified atom stereocenters. The zero-order chi connectivity index (χ0) is 11.5. The largest absolute Gasteiger partial charge is 0.459 e. The van der Waals surface area contributed by atoms with Crippen LogP contribution in [0.4, 0.5) is 0 Å². The number of esters is 1. The van der Waals surface area contributed by atoms with Crippen molar-refractivity contribution >= 4 is 5.97 Å². The molecule has 0 N–H and O–H groups in total. The van der Waals surface area contributed by atoms with Gasteiger partial charge in [-0.05, 0) is 6.92 Å². The van der Waals surface area contributed by atoms with Gasteiger partial charge in [0.15, 0.2) is 0 Å². The van der Waals surface area contributed by atoms with Crippen LogP contribution in [0, 0.1) is 0 Å². The molecule has 0 bridgehead atoms. The van der Waals surface area contributed by atoms with Gasteiger partial charge in [0.2, 0.25) is 5.82 Å². The number of imidazole rings is 1. The summed E-state index contributed by atoms with van der Waals surface area (Å²) >= 11 is 0. The van der Waals surface area contributed by atoms with Gasteiger partial charge in [0, 0.05) is 7.05 Å². The number of carbonyl (C=O) groups is 1. The van der Waals surface area contributed by atoms with E-state index in [9.17, 15) is 4.79 Å². The minimum absolute atomic E-state index is 0.155. The molecule has 16 heavy (non-hydrogen) atoms. The predicted molar refractivity (Wildman–Crippen MR) is 52.5 cm³/mol. The van der Waals surface area contributed by atoms with Gasteiger partial charge in [0.1, 0.15) is 5.69 Å².